The highest BCUT2D eigenvalue weighted by atomic mass is 19.1. The van der Waals surface area contributed by atoms with Gasteiger partial charge in [0.15, 0.2) is 6.29 Å². The molecule has 0 fully saturated rings. The molecule has 0 bridgehead atoms. The van der Waals surface area contributed by atoms with Gasteiger partial charge in [-0.05, 0) is 60.5 Å². The molecule has 2 aromatic carbocycles. The summed E-state index contributed by atoms with van der Waals surface area (Å²) in [5.74, 6) is -2.09. The van der Waals surface area contributed by atoms with Crippen LogP contribution in [0, 0.1) is 18.3 Å². The lowest BCUT2D eigenvalue weighted by Gasteiger charge is -2.16. The summed E-state index contributed by atoms with van der Waals surface area (Å²) in [5, 5.41) is 36.9. The van der Waals surface area contributed by atoms with Crippen molar-refractivity contribution in [2.75, 3.05) is 19.0 Å². The smallest absolute Gasteiger partial charge is 0.335 e. The van der Waals surface area contributed by atoms with Crippen molar-refractivity contribution in [3.05, 3.63) is 70.6 Å². The fourth-order valence-corrected chi connectivity index (χ4v) is 3.04. The molecule has 1 amide bonds. The van der Waals surface area contributed by atoms with Crippen LogP contribution in [0.25, 0.3) is 0 Å². The van der Waals surface area contributed by atoms with Gasteiger partial charge in [0, 0.05) is 24.7 Å². The third-order valence-corrected chi connectivity index (χ3v) is 4.75. The van der Waals surface area contributed by atoms with Crippen LogP contribution in [-0.4, -0.2) is 52.8 Å². The number of aliphatic hydroxyl groups excluding tert-OH is 1. The molecule has 0 radical (unpaired) electrons. The van der Waals surface area contributed by atoms with Crippen LogP contribution in [0.5, 0.6) is 5.75 Å². The zero-order chi connectivity index (χ0) is 26.0. The summed E-state index contributed by atoms with van der Waals surface area (Å²) >= 11 is 0. The second kappa shape index (κ2) is 12.8. The summed E-state index contributed by atoms with van der Waals surface area (Å²) in [4.78, 5) is 27.5. The normalized spacial score (nSPS) is 11.9. The van der Waals surface area contributed by atoms with Crippen molar-refractivity contribution < 1.29 is 34.0 Å². The maximum absolute atomic E-state index is 14.6. The minimum absolute atomic E-state index is 0.0297. The first-order valence-electron chi connectivity index (χ1n) is 10.2. The van der Waals surface area contributed by atoms with Crippen LogP contribution in [0.1, 0.15) is 33.3 Å². The number of ether oxygens (including phenoxy) is 1. The van der Waals surface area contributed by atoms with Crippen LogP contribution in [-0.2, 0) is 11.2 Å². The van der Waals surface area contributed by atoms with Crippen molar-refractivity contribution in [2.45, 2.75) is 19.6 Å². The maximum Gasteiger partial charge on any atom is 0.335 e. The number of halogens is 1. The number of hydrogen-bond donors (Lipinski definition) is 5. The summed E-state index contributed by atoms with van der Waals surface area (Å²) in [7, 11) is 1.37. The van der Waals surface area contributed by atoms with Gasteiger partial charge in [-0.2, -0.15) is 5.53 Å². The van der Waals surface area contributed by atoms with Gasteiger partial charge in [0.05, 0.1) is 18.4 Å². The number of amides is 1. The number of aryl methyl sites for hydroxylation is 1. The number of carboxylic acids is 1. The molecule has 2 aromatic rings. The van der Waals surface area contributed by atoms with Gasteiger partial charge in [-0.15, -0.1) is 5.10 Å². The van der Waals surface area contributed by atoms with E-state index in [0.717, 1.165) is 6.07 Å². The zero-order valence-electron chi connectivity index (χ0n) is 18.9. The Kier molecular flexibility index (Phi) is 9.87. The van der Waals surface area contributed by atoms with E-state index in [2.05, 4.69) is 20.6 Å². The Morgan fingerprint density at radius 2 is 2.00 bits per heavy atom. The number of aromatic carboxylic acids is 1. The Morgan fingerprint density at radius 1 is 1.26 bits per heavy atom. The second-order valence-electron chi connectivity index (χ2n) is 7.07. The molecule has 2 rings (SSSR count). The predicted octanol–water partition coefficient (Wildman–Crippen LogP) is 3.02. The standard InChI is InChI=1S/C23H24FN5O6/c1-13-10-15(5-6-16(13)22(31)32)35-9-7-14-11-20(17(23(33)34)12-18(14)24)28-21(30)19(26-2)4-3-8-27-29-25/h3-6,8,10-12,23,25,33-34H,7,9H2,1-2H3,(H,28,30)(H,31,32)/b4-3-,26-19?,27-8+,29-25?. The van der Waals surface area contributed by atoms with Gasteiger partial charge in [-0.1, -0.05) is 5.22 Å². The number of rotatable bonds is 11. The van der Waals surface area contributed by atoms with E-state index in [4.69, 9.17) is 15.4 Å². The average molecular weight is 485 g/mol. The number of hydrogen-bond acceptors (Lipinski definition) is 8. The van der Waals surface area contributed by atoms with Crippen molar-refractivity contribution >= 4 is 29.5 Å². The zero-order valence-corrected chi connectivity index (χ0v) is 18.9. The number of carboxylic acid groups (broad SMARTS) is 1. The van der Waals surface area contributed by atoms with Crippen LogP contribution in [0.15, 0.2) is 57.8 Å². The molecule has 35 heavy (non-hydrogen) atoms. The average Bonchev–Trinajstić information content (AvgIpc) is 2.80. The quantitative estimate of drug-likeness (QED) is 0.141. The third-order valence-electron chi connectivity index (χ3n) is 4.75. The van der Waals surface area contributed by atoms with Gasteiger partial charge < -0.3 is 25.4 Å². The highest BCUT2D eigenvalue weighted by Gasteiger charge is 2.18. The lowest BCUT2D eigenvalue weighted by molar-refractivity contribution is -0.110. The Bertz CT molecular complexity index is 1190. The maximum atomic E-state index is 14.6. The molecule has 0 aliphatic rings. The lowest BCUT2D eigenvalue weighted by atomic mass is 10.0. The number of nitrogens with zero attached hydrogens (tertiary/aromatic N) is 3. The minimum Gasteiger partial charge on any atom is -0.493 e. The first kappa shape index (κ1) is 27.0. The van der Waals surface area contributed by atoms with Crippen LogP contribution in [0.4, 0.5) is 10.1 Å². The molecule has 12 heteroatoms. The van der Waals surface area contributed by atoms with E-state index in [0.29, 0.717) is 11.3 Å². The minimum atomic E-state index is -2.05. The third kappa shape index (κ3) is 7.62. The molecule has 0 heterocycles. The van der Waals surface area contributed by atoms with Gasteiger partial charge in [0.2, 0.25) is 0 Å². The molecule has 5 N–H and O–H groups in total. The Labute approximate surface area is 199 Å². The number of anilines is 1. The number of carbonyl (C=O) groups excluding carboxylic acids is 1. The fraction of sp³-hybridized carbons (Fsp3) is 0.217. The fourth-order valence-electron chi connectivity index (χ4n) is 3.04. The molecule has 0 atom stereocenters. The largest absolute Gasteiger partial charge is 0.493 e. The number of aliphatic imine (C=N–C) groups is 1. The molecule has 0 unspecified atom stereocenters. The molecule has 0 aliphatic heterocycles. The number of benzene rings is 2. The summed E-state index contributed by atoms with van der Waals surface area (Å²) < 4.78 is 20.2. The summed E-state index contributed by atoms with van der Waals surface area (Å²) in [6, 6.07) is 6.63. The van der Waals surface area contributed by atoms with E-state index in [1.54, 1.807) is 13.0 Å². The number of aliphatic hydroxyl groups is 2. The van der Waals surface area contributed by atoms with Crippen LogP contribution in [0.2, 0.25) is 0 Å². The van der Waals surface area contributed by atoms with Crippen molar-refractivity contribution in [2.24, 2.45) is 15.3 Å². The first-order chi connectivity index (χ1) is 16.7. The van der Waals surface area contributed by atoms with Crippen molar-refractivity contribution in [1.29, 1.82) is 5.53 Å². The van der Waals surface area contributed by atoms with E-state index < -0.39 is 24.0 Å². The van der Waals surface area contributed by atoms with Crippen molar-refractivity contribution in [1.82, 2.24) is 0 Å². The highest BCUT2D eigenvalue weighted by molar-refractivity contribution is 6.47. The molecule has 0 spiro atoms. The Balaban J connectivity index is 2.19. The van der Waals surface area contributed by atoms with Crippen LogP contribution >= 0.6 is 0 Å². The lowest BCUT2D eigenvalue weighted by Crippen LogP contribution is -2.23. The summed E-state index contributed by atoms with van der Waals surface area (Å²) in [6.07, 6.45) is 1.82. The Hall–Kier alpha value is -4.29. The van der Waals surface area contributed by atoms with Crippen molar-refractivity contribution in [3.63, 3.8) is 0 Å². The first-order valence-corrected chi connectivity index (χ1v) is 10.2. The van der Waals surface area contributed by atoms with Gasteiger partial charge >= 0.3 is 5.97 Å². The van der Waals surface area contributed by atoms with E-state index in [9.17, 15) is 24.2 Å². The molecular weight excluding hydrogens is 461 g/mol. The number of carbonyl (C=O) groups is 2. The van der Waals surface area contributed by atoms with Gasteiger partial charge in [-0.3, -0.25) is 9.79 Å². The summed E-state index contributed by atoms with van der Waals surface area (Å²) in [6.45, 7) is 1.66. The summed E-state index contributed by atoms with van der Waals surface area (Å²) in [5.41, 5.74) is 7.03. The van der Waals surface area contributed by atoms with Crippen LogP contribution in [0.3, 0.4) is 0 Å². The topological polar surface area (TPSA) is 177 Å². The van der Waals surface area contributed by atoms with Crippen molar-refractivity contribution in [3.8, 4) is 5.75 Å². The highest BCUT2D eigenvalue weighted by Crippen LogP contribution is 2.26. The number of allylic oxidation sites excluding steroid dienone is 1. The SMILES string of the molecule is CN=C(/C=C\C=N\N=N)C(=O)Nc1cc(CCOc2ccc(C(=O)O)c(C)c2)c(F)cc1C(O)O. The molecule has 184 valence electrons. The van der Waals surface area contributed by atoms with E-state index in [-0.39, 0.29) is 41.1 Å². The predicted molar refractivity (Wildman–Crippen MR) is 126 cm³/mol. The molecule has 11 nitrogen and oxygen atoms in total. The van der Waals surface area contributed by atoms with Gasteiger partial charge in [0.1, 0.15) is 17.3 Å². The molecule has 0 saturated carbocycles. The van der Waals surface area contributed by atoms with Gasteiger partial charge in [0.25, 0.3) is 5.91 Å². The van der Waals surface area contributed by atoms with Gasteiger partial charge in [-0.25, -0.2) is 9.18 Å². The molecular formula is C23H24FN5O6. The Morgan fingerprint density at radius 3 is 2.60 bits per heavy atom. The molecule has 0 saturated heterocycles. The van der Waals surface area contributed by atoms with Crippen LogP contribution < -0.4 is 10.1 Å². The van der Waals surface area contributed by atoms with E-state index >= 15 is 0 Å². The van der Waals surface area contributed by atoms with E-state index in [1.807, 2.05) is 0 Å². The monoisotopic (exact) mass is 485 g/mol. The number of nitrogens with one attached hydrogen (secondary N) is 2. The molecule has 0 aliphatic carbocycles. The second-order valence-corrected chi connectivity index (χ2v) is 7.07. The molecule has 0 aromatic heterocycles. The van der Waals surface area contributed by atoms with E-state index in [1.165, 1.54) is 43.6 Å².